The fraction of sp³-hybridized carbons (Fsp3) is 0.781. The number of carbonyl (C=O) groups is 2. The van der Waals surface area contributed by atoms with Gasteiger partial charge in [-0.25, -0.2) is 0 Å². The smallest absolute Gasteiger partial charge is 0.306 e. The lowest BCUT2D eigenvalue weighted by Gasteiger charge is -2.41. The third kappa shape index (κ3) is 40.0. The van der Waals surface area contributed by atoms with E-state index >= 15 is 0 Å². The van der Waals surface area contributed by atoms with Crippen LogP contribution in [0.5, 0.6) is 0 Å². The summed E-state index contributed by atoms with van der Waals surface area (Å²) in [7, 11) is 0. The molecule has 11 nitrogen and oxygen atoms in total. The average molecular weight is 1060 g/mol. The van der Waals surface area contributed by atoms with E-state index in [9.17, 15) is 35.1 Å². The predicted octanol–water partition coefficient (Wildman–Crippen LogP) is 14.4. The summed E-state index contributed by atoms with van der Waals surface area (Å²) in [5.41, 5.74) is 0. The number of aliphatic hydroxyl groups excluding tert-OH is 5. The number of carbonyl (C=O) groups excluding carboxylic acids is 2. The van der Waals surface area contributed by atoms with Crippen molar-refractivity contribution in [3.63, 3.8) is 0 Å². The fourth-order valence-corrected chi connectivity index (χ4v) is 9.22. The van der Waals surface area contributed by atoms with Crippen LogP contribution in [0.2, 0.25) is 0 Å². The molecule has 0 aromatic rings. The number of aliphatic hydroxyl groups is 5. The Morgan fingerprint density at radius 3 is 1.47 bits per heavy atom. The molecule has 11 heteroatoms. The highest BCUT2D eigenvalue weighted by Gasteiger charge is 2.47. The summed E-state index contributed by atoms with van der Waals surface area (Å²) in [6.45, 7) is 5.64. The monoisotopic (exact) mass is 1060 g/mol. The molecule has 434 valence electrons. The van der Waals surface area contributed by atoms with Crippen LogP contribution >= 0.6 is 0 Å². The van der Waals surface area contributed by atoms with Gasteiger partial charge in [0.1, 0.15) is 24.4 Å². The molecule has 0 aliphatic carbocycles. The van der Waals surface area contributed by atoms with Crippen LogP contribution < -0.4 is 5.32 Å². The van der Waals surface area contributed by atoms with E-state index in [1.807, 2.05) is 6.08 Å². The zero-order valence-electron chi connectivity index (χ0n) is 47.9. The van der Waals surface area contributed by atoms with Crippen LogP contribution in [0.3, 0.4) is 0 Å². The molecule has 0 bridgehead atoms. The van der Waals surface area contributed by atoms with Crippen molar-refractivity contribution in [2.45, 2.75) is 307 Å². The molecule has 0 aromatic carbocycles. The molecular formula is C64H113NO10. The minimum Gasteiger partial charge on any atom is -0.454 e. The Kier molecular flexibility index (Phi) is 48.5. The highest BCUT2D eigenvalue weighted by molar-refractivity contribution is 5.80. The number of hydrogen-bond acceptors (Lipinski definition) is 10. The molecule has 0 aromatic heterocycles. The second kappa shape index (κ2) is 51.8. The van der Waals surface area contributed by atoms with Crippen molar-refractivity contribution in [2.24, 2.45) is 0 Å². The van der Waals surface area contributed by atoms with E-state index in [0.717, 1.165) is 116 Å². The molecule has 0 saturated carbocycles. The quantitative estimate of drug-likeness (QED) is 0.0195. The maximum atomic E-state index is 13.4. The SMILES string of the molecule is CC/C=C/C/C=C/CCCCCCCCC(O)C(=O)NC(COC1OC(CO)C(O)C(O)C1OC(=O)CCCCCCCCCC/C=C\C/C=C\C/C=C\CCCCC)C(O)/C=C/CCCCCCCCCCCC. The van der Waals surface area contributed by atoms with E-state index < -0.39 is 67.4 Å². The summed E-state index contributed by atoms with van der Waals surface area (Å²) in [6.07, 6.45) is 55.1. The first-order valence-corrected chi connectivity index (χ1v) is 30.7. The molecule has 0 spiro atoms. The summed E-state index contributed by atoms with van der Waals surface area (Å²) in [4.78, 5) is 26.5. The molecule has 1 aliphatic heterocycles. The standard InChI is InChI=1S/C64H113NO10/c1-4-7-10-13-16-19-22-25-26-27-28-29-30-31-32-34-37-40-43-46-49-52-59(69)75-62-61(71)60(70)58(53-66)74-64(62)73-54-55(56(67)50-47-44-41-38-35-24-21-18-15-12-9-6-3)65-63(72)57(68)51-48-45-42-39-36-33-23-20-17-14-11-8-5-2/h8,11,16-17,19-20,25-26,28-29,47,50,55-58,60-62,64,66-68,70-71H,4-7,9-10,12-15,18,21-24,27,30-46,48-49,51-54H2,1-3H3,(H,65,72)/b11-8+,19-16-,20-17+,26-25-,29-28-,50-47+. The molecule has 8 atom stereocenters. The Morgan fingerprint density at radius 1 is 0.533 bits per heavy atom. The van der Waals surface area contributed by atoms with E-state index in [2.05, 4.69) is 86.8 Å². The summed E-state index contributed by atoms with van der Waals surface area (Å²) >= 11 is 0. The van der Waals surface area contributed by atoms with Crippen molar-refractivity contribution in [1.29, 1.82) is 0 Å². The molecule has 6 N–H and O–H groups in total. The van der Waals surface area contributed by atoms with Crippen LogP contribution in [-0.2, 0) is 23.8 Å². The van der Waals surface area contributed by atoms with Crippen molar-refractivity contribution in [2.75, 3.05) is 13.2 Å². The first-order chi connectivity index (χ1) is 36.7. The minimum atomic E-state index is -1.62. The third-order valence-corrected chi connectivity index (χ3v) is 14.1. The number of rotatable bonds is 51. The van der Waals surface area contributed by atoms with Gasteiger partial charge in [-0.15, -0.1) is 0 Å². The highest BCUT2D eigenvalue weighted by atomic mass is 16.7. The zero-order valence-corrected chi connectivity index (χ0v) is 47.9. The lowest BCUT2D eigenvalue weighted by atomic mass is 9.99. The highest BCUT2D eigenvalue weighted by Crippen LogP contribution is 2.26. The van der Waals surface area contributed by atoms with Crippen LogP contribution in [0.1, 0.15) is 258 Å². The Hall–Kier alpha value is -2.90. The summed E-state index contributed by atoms with van der Waals surface area (Å²) in [6, 6.07) is -1.03. The average Bonchev–Trinajstić information content (AvgIpc) is 3.41. The minimum absolute atomic E-state index is 0.112. The summed E-state index contributed by atoms with van der Waals surface area (Å²) in [5.74, 6) is -1.21. The maximum absolute atomic E-state index is 13.4. The number of unbranched alkanes of at least 4 members (excludes halogenated alkanes) is 27. The molecule has 1 aliphatic rings. The van der Waals surface area contributed by atoms with Crippen molar-refractivity contribution in [3.05, 3.63) is 72.9 Å². The first kappa shape index (κ1) is 70.1. The maximum Gasteiger partial charge on any atom is 0.306 e. The van der Waals surface area contributed by atoms with Gasteiger partial charge in [0.2, 0.25) is 5.91 Å². The molecule has 1 rings (SSSR count). The second-order valence-corrected chi connectivity index (χ2v) is 21.0. The van der Waals surface area contributed by atoms with Gasteiger partial charge in [-0.2, -0.15) is 0 Å². The topological polar surface area (TPSA) is 175 Å². The number of ether oxygens (including phenoxy) is 3. The predicted molar refractivity (Wildman–Crippen MR) is 310 cm³/mol. The largest absolute Gasteiger partial charge is 0.454 e. The normalized spacial score (nSPS) is 19.7. The molecule has 1 amide bonds. The van der Waals surface area contributed by atoms with Crippen LogP contribution in [0.15, 0.2) is 72.9 Å². The molecule has 0 radical (unpaired) electrons. The van der Waals surface area contributed by atoms with Gasteiger partial charge in [-0.3, -0.25) is 9.59 Å². The molecule has 75 heavy (non-hydrogen) atoms. The summed E-state index contributed by atoms with van der Waals surface area (Å²) < 4.78 is 17.6. The first-order valence-electron chi connectivity index (χ1n) is 30.7. The van der Waals surface area contributed by atoms with Crippen LogP contribution in [0.25, 0.3) is 0 Å². The van der Waals surface area contributed by atoms with Crippen molar-refractivity contribution < 1.29 is 49.3 Å². The van der Waals surface area contributed by atoms with Crippen molar-refractivity contribution in [1.82, 2.24) is 5.32 Å². The van der Waals surface area contributed by atoms with Crippen LogP contribution in [-0.4, -0.2) is 99.6 Å². The van der Waals surface area contributed by atoms with Gasteiger partial charge < -0.3 is 45.1 Å². The Morgan fingerprint density at radius 2 is 0.960 bits per heavy atom. The molecule has 1 fully saturated rings. The van der Waals surface area contributed by atoms with E-state index in [1.54, 1.807) is 6.08 Å². The van der Waals surface area contributed by atoms with Crippen LogP contribution in [0.4, 0.5) is 0 Å². The number of amides is 1. The fourth-order valence-electron chi connectivity index (χ4n) is 9.22. The van der Waals surface area contributed by atoms with Gasteiger partial charge in [0.25, 0.3) is 0 Å². The van der Waals surface area contributed by atoms with E-state index in [1.165, 1.54) is 96.3 Å². The molecule has 1 heterocycles. The molecule has 8 unspecified atom stereocenters. The van der Waals surface area contributed by atoms with Gasteiger partial charge in [0.15, 0.2) is 12.4 Å². The molecular weight excluding hydrogens is 943 g/mol. The summed E-state index contributed by atoms with van der Waals surface area (Å²) in [5, 5.41) is 56.9. The van der Waals surface area contributed by atoms with E-state index in [0.29, 0.717) is 12.8 Å². The van der Waals surface area contributed by atoms with Crippen LogP contribution in [0, 0.1) is 0 Å². The lowest BCUT2D eigenvalue weighted by Crippen LogP contribution is -2.61. The van der Waals surface area contributed by atoms with Crippen molar-refractivity contribution in [3.8, 4) is 0 Å². The van der Waals surface area contributed by atoms with Gasteiger partial charge >= 0.3 is 5.97 Å². The van der Waals surface area contributed by atoms with Gasteiger partial charge in [-0.1, -0.05) is 235 Å². The van der Waals surface area contributed by atoms with Crippen molar-refractivity contribution >= 4 is 11.9 Å². The zero-order chi connectivity index (χ0) is 54.7. The Bertz CT molecular complexity index is 1490. The third-order valence-electron chi connectivity index (χ3n) is 14.1. The number of nitrogens with one attached hydrogen (secondary N) is 1. The van der Waals surface area contributed by atoms with Gasteiger partial charge in [0, 0.05) is 6.42 Å². The van der Waals surface area contributed by atoms with Gasteiger partial charge in [0.05, 0.1) is 25.4 Å². The second-order valence-electron chi connectivity index (χ2n) is 21.0. The Balaban J connectivity index is 2.67. The van der Waals surface area contributed by atoms with E-state index in [4.69, 9.17) is 14.2 Å². The number of esters is 1. The van der Waals surface area contributed by atoms with E-state index in [-0.39, 0.29) is 19.4 Å². The lowest BCUT2D eigenvalue weighted by molar-refractivity contribution is -0.305. The number of hydrogen-bond donors (Lipinski definition) is 6. The number of allylic oxidation sites excluding steroid dienone is 11. The van der Waals surface area contributed by atoms with Gasteiger partial charge in [-0.05, 0) is 89.9 Å². The Labute approximate surface area is 458 Å². The molecule has 1 saturated heterocycles.